The molecule has 0 saturated carbocycles. The Morgan fingerprint density at radius 3 is 3.07 bits per heavy atom. The van der Waals surface area contributed by atoms with E-state index < -0.39 is 0 Å². The Morgan fingerprint density at radius 1 is 1.50 bits per heavy atom. The van der Waals surface area contributed by atoms with Crippen molar-refractivity contribution in [2.45, 2.75) is 20.0 Å². The van der Waals surface area contributed by atoms with Gasteiger partial charge in [0.1, 0.15) is 5.76 Å². The molecule has 0 atom stereocenters. The molecular weight excluding hydrogens is 182 g/mol. The molecule has 2 aromatic heterocycles. The Labute approximate surface area is 80.7 Å². The predicted octanol–water partition coefficient (Wildman–Crippen LogP) is 0.391. The van der Waals surface area contributed by atoms with E-state index in [-0.39, 0.29) is 0 Å². The number of nitrogens with one attached hydrogen (secondary N) is 2. The van der Waals surface area contributed by atoms with Crippen LogP contribution in [0.2, 0.25) is 0 Å². The lowest BCUT2D eigenvalue weighted by Gasteiger charge is -1.99. The Morgan fingerprint density at radius 2 is 2.43 bits per heavy atom. The van der Waals surface area contributed by atoms with Crippen LogP contribution in [-0.2, 0) is 13.1 Å². The number of furan rings is 1. The summed E-state index contributed by atoms with van der Waals surface area (Å²) < 4.78 is 5.26. The highest BCUT2D eigenvalue weighted by Gasteiger charge is 2.02. The zero-order chi connectivity index (χ0) is 9.80. The number of aromatic nitrogens is 4. The van der Waals surface area contributed by atoms with E-state index in [4.69, 9.17) is 4.42 Å². The van der Waals surface area contributed by atoms with Gasteiger partial charge < -0.3 is 9.73 Å². The molecule has 2 heterocycles. The van der Waals surface area contributed by atoms with E-state index in [1.54, 1.807) is 6.26 Å². The number of aryl methyl sites for hydroxylation is 1. The van der Waals surface area contributed by atoms with Crippen LogP contribution in [0.4, 0.5) is 0 Å². The molecule has 0 aromatic carbocycles. The van der Waals surface area contributed by atoms with Crippen molar-refractivity contribution in [3.63, 3.8) is 0 Å². The van der Waals surface area contributed by atoms with E-state index in [0.29, 0.717) is 18.9 Å². The first-order chi connectivity index (χ1) is 6.86. The summed E-state index contributed by atoms with van der Waals surface area (Å²) in [4.78, 5) is 0. The molecule has 14 heavy (non-hydrogen) atoms. The summed E-state index contributed by atoms with van der Waals surface area (Å²) in [5, 5.41) is 16.6. The molecule has 2 aromatic rings. The Kier molecular flexibility index (Phi) is 2.55. The summed E-state index contributed by atoms with van der Waals surface area (Å²) in [5.74, 6) is 1.59. The molecule has 2 rings (SSSR count). The van der Waals surface area contributed by atoms with Gasteiger partial charge in [0.15, 0.2) is 5.82 Å². The van der Waals surface area contributed by atoms with E-state index in [9.17, 15) is 0 Å². The van der Waals surface area contributed by atoms with Gasteiger partial charge >= 0.3 is 0 Å². The summed E-state index contributed by atoms with van der Waals surface area (Å²) >= 11 is 0. The zero-order valence-electron chi connectivity index (χ0n) is 7.82. The molecule has 0 aliphatic rings. The van der Waals surface area contributed by atoms with Gasteiger partial charge in [-0.2, -0.15) is 5.21 Å². The van der Waals surface area contributed by atoms with Crippen LogP contribution in [-0.4, -0.2) is 20.6 Å². The lowest BCUT2D eigenvalue weighted by molar-refractivity contribution is 0.477. The minimum atomic E-state index is 0.580. The first-order valence-corrected chi connectivity index (χ1v) is 4.32. The van der Waals surface area contributed by atoms with Gasteiger partial charge in [0, 0.05) is 0 Å². The molecule has 0 spiro atoms. The molecule has 0 aliphatic heterocycles. The van der Waals surface area contributed by atoms with Crippen molar-refractivity contribution < 1.29 is 4.42 Å². The van der Waals surface area contributed by atoms with Crippen LogP contribution in [0.15, 0.2) is 16.7 Å². The number of aromatic amines is 1. The topological polar surface area (TPSA) is 79.6 Å². The molecule has 0 unspecified atom stereocenters. The number of tetrazole rings is 1. The highest BCUT2D eigenvalue weighted by Crippen LogP contribution is 2.07. The van der Waals surface area contributed by atoms with E-state index in [1.807, 2.05) is 13.0 Å². The van der Waals surface area contributed by atoms with Gasteiger partial charge in [-0.05, 0) is 18.6 Å². The van der Waals surface area contributed by atoms with Crippen LogP contribution in [0, 0.1) is 6.92 Å². The summed E-state index contributed by atoms with van der Waals surface area (Å²) in [6.07, 6.45) is 1.68. The molecule has 6 nitrogen and oxygen atoms in total. The Bertz CT molecular complexity index is 380. The fourth-order valence-corrected chi connectivity index (χ4v) is 1.13. The van der Waals surface area contributed by atoms with Crippen LogP contribution < -0.4 is 5.32 Å². The minimum Gasteiger partial charge on any atom is -0.468 e. The molecule has 6 heteroatoms. The molecule has 0 bridgehead atoms. The number of hydrogen-bond acceptors (Lipinski definition) is 5. The zero-order valence-corrected chi connectivity index (χ0v) is 7.82. The van der Waals surface area contributed by atoms with Gasteiger partial charge in [0.25, 0.3) is 0 Å². The SMILES string of the molecule is Cc1ccoc1CNCc1nn[nH]n1. The van der Waals surface area contributed by atoms with Crippen LogP contribution in [0.3, 0.4) is 0 Å². The summed E-state index contributed by atoms with van der Waals surface area (Å²) in [6.45, 7) is 3.26. The third-order valence-electron chi connectivity index (χ3n) is 1.93. The molecule has 0 saturated heterocycles. The van der Waals surface area contributed by atoms with Crippen molar-refractivity contribution in [3.8, 4) is 0 Å². The van der Waals surface area contributed by atoms with E-state index in [0.717, 1.165) is 11.3 Å². The Balaban J connectivity index is 1.81. The minimum absolute atomic E-state index is 0.580. The van der Waals surface area contributed by atoms with E-state index in [1.165, 1.54) is 0 Å². The average Bonchev–Trinajstić information content (AvgIpc) is 2.78. The van der Waals surface area contributed by atoms with Gasteiger partial charge in [-0.15, -0.1) is 10.2 Å². The smallest absolute Gasteiger partial charge is 0.188 e. The Hall–Kier alpha value is -1.69. The molecule has 2 N–H and O–H groups in total. The van der Waals surface area contributed by atoms with Crippen LogP contribution in [0.5, 0.6) is 0 Å². The molecule has 0 amide bonds. The first kappa shape index (κ1) is 8.89. The fraction of sp³-hybridized carbons (Fsp3) is 0.375. The quantitative estimate of drug-likeness (QED) is 0.734. The van der Waals surface area contributed by atoms with Crippen molar-refractivity contribution >= 4 is 0 Å². The maximum atomic E-state index is 5.26. The number of nitrogens with zero attached hydrogens (tertiary/aromatic N) is 3. The highest BCUT2D eigenvalue weighted by molar-refractivity contribution is 5.14. The predicted molar refractivity (Wildman–Crippen MR) is 48.2 cm³/mol. The van der Waals surface area contributed by atoms with Gasteiger partial charge in [0.2, 0.25) is 0 Å². The molecular formula is C8H11N5O. The van der Waals surface area contributed by atoms with Crippen LogP contribution in [0.25, 0.3) is 0 Å². The molecule has 0 radical (unpaired) electrons. The molecule has 0 fully saturated rings. The number of H-pyrrole nitrogens is 1. The van der Waals surface area contributed by atoms with E-state index in [2.05, 4.69) is 25.9 Å². The first-order valence-electron chi connectivity index (χ1n) is 4.32. The maximum absolute atomic E-state index is 5.26. The van der Waals surface area contributed by atoms with Crippen molar-refractivity contribution in [1.29, 1.82) is 0 Å². The number of hydrogen-bond donors (Lipinski definition) is 2. The normalized spacial score (nSPS) is 10.6. The standard InChI is InChI=1S/C8H11N5O/c1-6-2-3-14-7(6)4-9-5-8-10-12-13-11-8/h2-3,9H,4-5H2,1H3,(H,10,11,12,13). The summed E-state index contributed by atoms with van der Waals surface area (Å²) in [6, 6.07) is 1.94. The lowest BCUT2D eigenvalue weighted by atomic mass is 10.3. The third-order valence-corrected chi connectivity index (χ3v) is 1.93. The molecule has 0 aliphatic carbocycles. The monoisotopic (exact) mass is 193 g/mol. The summed E-state index contributed by atoms with van der Waals surface area (Å²) in [7, 11) is 0. The average molecular weight is 193 g/mol. The van der Waals surface area contributed by atoms with Crippen molar-refractivity contribution in [1.82, 2.24) is 25.9 Å². The second-order valence-electron chi connectivity index (χ2n) is 2.96. The highest BCUT2D eigenvalue weighted by atomic mass is 16.3. The largest absolute Gasteiger partial charge is 0.468 e. The molecule has 74 valence electrons. The van der Waals surface area contributed by atoms with Crippen molar-refractivity contribution in [2.75, 3.05) is 0 Å². The van der Waals surface area contributed by atoms with Gasteiger partial charge in [-0.3, -0.25) is 0 Å². The van der Waals surface area contributed by atoms with E-state index >= 15 is 0 Å². The van der Waals surface area contributed by atoms with Gasteiger partial charge in [0.05, 0.1) is 19.4 Å². The summed E-state index contributed by atoms with van der Waals surface area (Å²) in [5.41, 5.74) is 1.14. The third kappa shape index (κ3) is 1.97. The van der Waals surface area contributed by atoms with Crippen LogP contribution >= 0.6 is 0 Å². The number of rotatable bonds is 4. The van der Waals surface area contributed by atoms with Crippen molar-refractivity contribution in [2.24, 2.45) is 0 Å². The lowest BCUT2D eigenvalue weighted by Crippen LogP contribution is -2.13. The van der Waals surface area contributed by atoms with Crippen LogP contribution in [0.1, 0.15) is 17.1 Å². The maximum Gasteiger partial charge on any atom is 0.188 e. The van der Waals surface area contributed by atoms with Crippen molar-refractivity contribution in [3.05, 3.63) is 29.5 Å². The van der Waals surface area contributed by atoms with Gasteiger partial charge in [-0.25, -0.2) is 0 Å². The second-order valence-corrected chi connectivity index (χ2v) is 2.96. The van der Waals surface area contributed by atoms with Gasteiger partial charge in [-0.1, -0.05) is 5.21 Å². The fourth-order valence-electron chi connectivity index (χ4n) is 1.13. The second kappa shape index (κ2) is 4.01.